The van der Waals surface area contributed by atoms with Crippen molar-refractivity contribution >= 4 is 35.0 Å². The van der Waals surface area contributed by atoms with Gasteiger partial charge in [0.2, 0.25) is 0 Å². The van der Waals surface area contributed by atoms with Crippen molar-refractivity contribution in [2.75, 3.05) is 13.2 Å². The van der Waals surface area contributed by atoms with Gasteiger partial charge in [-0.25, -0.2) is 0 Å². The molecule has 8 nitrogen and oxygen atoms in total. The number of alkyl halides is 2. The van der Waals surface area contributed by atoms with Crippen LogP contribution in [0, 0.1) is 6.92 Å². The molecule has 1 aromatic heterocycles. The molecule has 0 saturated heterocycles. The zero-order chi connectivity index (χ0) is 21.4. The first-order valence-electron chi connectivity index (χ1n) is 8.14. The van der Waals surface area contributed by atoms with Crippen LogP contribution in [0.4, 0.5) is 8.78 Å². The number of ether oxygens (including phenoxy) is 2. The Hall–Kier alpha value is -3.34. The molecule has 0 bridgehead atoms. The standard InChI is InChI=1S/C18H16F2N2O6S/c1-10-2-7-13(29-10)17(26)21-8-15(24)27-9-14(23)22-16(25)11-3-5-12(6-4-11)28-18(19)20/h2-7,18H,8-9H2,1H3,(H,21,26)(H,22,23,25). The number of amides is 3. The second-order valence-corrected chi connectivity index (χ2v) is 6.82. The van der Waals surface area contributed by atoms with Crippen LogP contribution in [0.1, 0.15) is 24.9 Å². The molecular weight excluding hydrogens is 410 g/mol. The largest absolute Gasteiger partial charge is 0.454 e. The van der Waals surface area contributed by atoms with Crippen molar-refractivity contribution in [3.8, 4) is 5.75 Å². The van der Waals surface area contributed by atoms with Crippen LogP contribution in [0.5, 0.6) is 5.75 Å². The Labute approximate surface area is 167 Å². The molecule has 0 atom stereocenters. The molecule has 0 aliphatic rings. The predicted octanol–water partition coefficient (Wildman–Crippen LogP) is 1.89. The second kappa shape index (κ2) is 10.3. The summed E-state index contributed by atoms with van der Waals surface area (Å²) in [5.74, 6) is -3.15. The quantitative estimate of drug-likeness (QED) is 0.624. The molecule has 154 valence electrons. The molecular formula is C18H16F2N2O6S. The van der Waals surface area contributed by atoms with Gasteiger partial charge in [-0.1, -0.05) is 0 Å². The summed E-state index contributed by atoms with van der Waals surface area (Å²) >= 11 is 1.26. The smallest absolute Gasteiger partial charge is 0.387 e. The molecule has 2 aromatic rings. The number of carbonyl (C=O) groups excluding carboxylic acids is 4. The SMILES string of the molecule is Cc1ccc(C(=O)NCC(=O)OCC(=O)NC(=O)c2ccc(OC(F)F)cc2)s1. The first kappa shape index (κ1) is 22.0. The van der Waals surface area contributed by atoms with Gasteiger partial charge in [-0.05, 0) is 43.3 Å². The van der Waals surface area contributed by atoms with E-state index in [4.69, 9.17) is 0 Å². The molecule has 11 heteroatoms. The molecule has 0 aliphatic heterocycles. The average molecular weight is 426 g/mol. The molecule has 2 N–H and O–H groups in total. The van der Waals surface area contributed by atoms with Crippen LogP contribution in [0.2, 0.25) is 0 Å². The molecule has 1 aromatic carbocycles. The van der Waals surface area contributed by atoms with Gasteiger partial charge in [-0.15, -0.1) is 11.3 Å². The van der Waals surface area contributed by atoms with Gasteiger partial charge in [-0.2, -0.15) is 8.78 Å². The van der Waals surface area contributed by atoms with Crippen molar-refractivity contribution in [2.45, 2.75) is 13.5 Å². The monoisotopic (exact) mass is 426 g/mol. The van der Waals surface area contributed by atoms with E-state index in [1.165, 1.54) is 23.5 Å². The summed E-state index contributed by atoms with van der Waals surface area (Å²) in [4.78, 5) is 48.4. The number of imide groups is 1. The van der Waals surface area contributed by atoms with Gasteiger partial charge in [0.1, 0.15) is 12.3 Å². The summed E-state index contributed by atoms with van der Waals surface area (Å²) in [6.07, 6.45) is 0. The molecule has 0 unspecified atom stereocenters. The molecule has 0 saturated carbocycles. The lowest BCUT2D eigenvalue weighted by atomic mass is 10.2. The van der Waals surface area contributed by atoms with Crippen LogP contribution in [0.15, 0.2) is 36.4 Å². The summed E-state index contributed by atoms with van der Waals surface area (Å²) in [7, 11) is 0. The lowest BCUT2D eigenvalue weighted by Crippen LogP contribution is -2.36. The van der Waals surface area contributed by atoms with E-state index < -0.39 is 43.5 Å². The molecule has 0 aliphatic carbocycles. The third-order valence-electron chi connectivity index (χ3n) is 3.32. The minimum atomic E-state index is -3.00. The Bertz CT molecular complexity index is 898. The van der Waals surface area contributed by atoms with Crippen LogP contribution < -0.4 is 15.4 Å². The number of esters is 1. The maximum absolute atomic E-state index is 12.1. The summed E-state index contributed by atoms with van der Waals surface area (Å²) < 4.78 is 33.0. The van der Waals surface area contributed by atoms with Crippen LogP contribution >= 0.6 is 11.3 Å². The Balaban J connectivity index is 1.72. The predicted molar refractivity (Wildman–Crippen MR) is 97.9 cm³/mol. The van der Waals surface area contributed by atoms with Gasteiger partial charge >= 0.3 is 12.6 Å². The Morgan fingerprint density at radius 1 is 1.03 bits per heavy atom. The Morgan fingerprint density at radius 3 is 2.31 bits per heavy atom. The van der Waals surface area contributed by atoms with E-state index in [9.17, 15) is 28.0 Å². The molecule has 0 radical (unpaired) electrons. The average Bonchev–Trinajstić information content (AvgIpc) is 3.11. The van der Waals surface area contributed by atoms with Crippen LogP contribution in [-0.2, 0) is 14.3 Å². The van der Waals surface area contributed by atoms with Crippen molar-refractivity contribution in [2.24, 2.45) is 0 Å². The first-order valence-corrected chi connectivity index (χ1v) is 8.95. The number of nitrogens with one attached hydrogen (secondary N) is 2. The van der Waals surface area contributed by atoms with Crippen molar-refractivity contribution < 1.29 is 37.4 Å². The number of aryl methyl sites for hydroxylation is 1. The summed E-state index contributed by atoms with van der Waals surface area (Å²) in [5, 5.41) is 4.33. The number of hydrogen-bond donors (Lipinski definition) is 2. The highest BCUT2D eigenvalue weighted by molar-refractivity contribution is 7.13. The van der Waals surface area contributed by atoms with Crippen molar-refractivity contribution in [1.82, 2.24) is 10.6 Å². The second-order valence-electron chi connectivity index (χ2n) is 5.53. The summed E-state index contributed by atoms with van der Waals surface area (Å²) in [6.45, 7) is -2.33. The van der Waals surface area contributed by atoms with Gasteiger partial charge in [0.15, 0.2) is 6.61 Å². The number of rotatable bonds is 8. The van der Waals surface area contributed by atoms with Crippen molar-refractivity contribution in [3.63, 3.8) is 0 Å². The fraction of sp³-hybridized carbons (Fsp3) is 0.222. The van der Waals surface area contributed by atoms with E-state index in [1.54, 1.807) is 12.1 Å². The van der Waals surface area contributed by atoms with E-state index in [2.05, 4.69) is 14.8 Å². The van der Waals surface area contributed by atoms with Gasteiger partial charge in [0.25, 0.3) is 17.7 Å². The lowest BCUT2D eigenvalue weighted by molar-refractivity contribution is -0.147. The van der Waals surface area contributed by atoms with Crippen molar-refractivity contribution in [1.29, 1.82) is 0 Å². The van der Waals surface area contributed by atoms with E-state index in [1.807, 2.05) is 12.2 Å². The van der Waals surface area contributed by atoms with Gasteiger partial charge in [0, 0.05) is 10.4 Å². The fourth-order valence-corrected chi connectivity index (χ4v) is 2.80. The minimum Gasteiger partial charge on any atom is -0.454 e. The van der Waals surface area contributed by atoms with Crippen LogP contribution in [0.25, 0.3) is 0 Å². The highest BCUT2D eigenvalue weighted by Gasteiger charge is 2.15. The zero-order valence-electron chi connectivity index (χ0n) is 15.1. The van der Waals surface area contributed by atoms with E-state index in [0.717, 1.165) is 17.0 Å². The first-order chi connectivity index (χ1) is 13.7. The molecule has 1 heterocycles. The normalized spacial score (nSPS) is 10.3. The van der Waals surface area contributed by atoms with Gasteiger partial charge < -0.3 is 14.8 Å². The highest BCUT2D eigenvalue weighted by Crippen LogP contribution is 2.15. The number of hydrogen-bond acceptors (Lipinski definition) is 7. The maximum atomic E-state index is 12.1. The Kier molecular flexibility index (Phi) is 7.78. The van der Waals surface area contributed by atoms with Gasteiger partial charge in [-0.3, -0.25) is 24.5 Å². The lowest BCUT2D eigenvalue weighted by Gasteiger charge is -2.07. The van der Waals surface area contributed by atoms with E-state index in [0.29, 0.717) is 4.88 Å². The molecule has 3 amide bonds. The Morgan fingerprint density at radius 2 is 1.72 bits per heavy atom. The molecule has 0 fully saturated rings. The van der Waals surface area contributed by atoms with Crippen LogP contribution in [0.3, 0.4) is 0 Å². The maximum Gasteiger partial charge on any atom is 0.387 e. The number of carbonyl (C=O) groups is 4. The summed E-state index contributed by atoms with van der Waals surface area (Å²) in [6, 6.07) is 8.04. The topological polar surface area (TPSA) is 111 Å². The number of halogens is 2. The van der Waals surface area contributed by atoms with Gasteiger partial charge in [0.05, 0.1) is 4.88 Å². The zero-order valence-corrected chi connectivity index (χ0v) is 15.9. The van der Waals surface area contributed by atoms with E-state index in [-0.39, 0.29) is 11.3 Å². The fourth-order valence-electron chi connectivity index (χ4n) is 2.02. The minimum absolute atomic E-state index is 0.0183. The molecule has 29 heavy (non-hydrogen) atoms. The van der Waals surface area contributed by atoms with E-state index >= 15 is 0 Å². The third kappa shape index (κ3) is 7.30. The number of thiophene rings is 1. The van der Waals surface area contributed by atoms with Crippen LogP contribution in [-0.4, -0.2) is 43.5 Å². The number of benzene rings is 1. The third-order valence-corrected chi connectivity index (χ3v) is 4.32. The molecule has 0 spiro atoms. The molecule has 2 rings (SSSR count). The highest BCUT2D eigenvalue weighted by atomic mass is 32.1. The van der Waals surface area contributed by atoms with Crippen molar-refractivity contribution in [3.05, 3.63) is 51.7 Å². The summed E-state index contributed by atoms with van der Waals surface area (Å²) in [5.41, 5.74) is 0.0183.